The van der Waals surface area contributed by atoms with Gasteiger partial charge in [0.2, 0.25) is 0 Å². The first kappa shape index (κ1) is 23.4. The van der Waals surface area contributed by atoms with Crippen LogP contribution in [0.1, 0.15) is 16.7 Å². The third-order valence-corrected chi connectivity index (χ3v) is 6.23. The summed E-state index contributed by atoms with van der Waals surface area (Å²) in [6.45, 7) is 2.19. The second kappa shape index (κ2) is 9.38. The van der Waals surface area contributed by atoms with Gasteiger partial charge in [-0.15, -0.1) is 0 Å². The van der Waals surface area contributed by atoms with E-state index in [0.717, 1.165) is 44.8 Å². The molecule has 6 heteroatoms. The van der Waals surface area contributed by atoms with Gasteiger partial charge < -0.3 is 5.32 Å². The Morgan fingerprint density at radius 2 is 1.39 bits per heavy atom. The molecule has 5 aromatic rings. The third kappa shape index (κ3) is 4.75. The molecule has 0 saturated heterocycles. The van der Waals surface area contributed by atoms with Gasteiger partial charge in [0.1, 0.15) is 0 Å². The summed E-state index contributed by atoms with van der Waals surface area (Å²) in [5.41, 5.74) is 1.90. The van der Waals surface area contributed by atoms with Crippen LogP contribution < -0.4 is 10.2 Å². The highest BCUT2D eigenvalue weighted by atomic mass is 19.4. The normalized spacial score (nSPS) is 11.6. The van der Waals surface area contributed by atoms with Gasteiger partial charge in [0.15, 0.2) is 0 Å². The average molecular weight is 485 g/mol. The number of hydrogen-bond acceptors (Lipinski definition) is 1. The topological polar surface area (TPSA) is 32.3 Å². The minimum atomic E-state index is -4.50. The number of rotatable bonds is 4. The van der Waals surface area contributed by atoms with Crippen molar-refractivity contribution in [3.8, 4) is 0 Å². The minimum Gasteiger partial charge on any atom is -0.308 e. The monoisotopic (exact) mass is 484 g/mol. The Hall–Kier alpha value is -4.32. The molecule has 0 aliphatic rings. The lowest BCUT2D eigenvalue weighted by Gasteiger charge is -2.25. The lowest BCUT2D eigenvalue weighted by Crippen LogP contribution is -2.34. The van der Waals surface area contributed by atoms with Crippen LogP contribution in [-0.4, -0.2) is 6.03 Å². The molecule has 180 valence electrons. The van der Waals surface area contributed by atoms with E-state index in [1.54, 1.807) is 4.90 Å². The number of amides is 2. The lowest BCUT2D eigenvalue weighted by molar-refractivity contribution is -0.137. The Balaban J connectivity index is 1.59. The van der Waals surface area contributed by atoms with E-state index in [1.807, 2.05) is 79.7 Å². The van der Waals surface area contributed by atoms with E-state index in [-0.39, 0.29) is 12.2 Å². The van der Waals surface area contributed by atoms with Crippen LogP contribution in [-0.2, 0) is 12.7 Å². The van der Waals surface area contributed by atoms with Crippen LogP contribution in [0, 0.1) is 6.92 Å². The van der Waals surface area contributed by atoms with Gasteiger partial charge in [0.05, 0.1) is 12.1 Å². The fourth-order valence-electron chi connectivity index (χ4n) is 4.41. The number of nitrogens with zero attached hydrogens (tertiary/aromatic N) is 1. The van der Waals surface area contributed by atoms with Gasteiger partial charge in [-0.2, -0.15) is 13.2 Å². The molecule has 0 atom stereocenters. The average Bonchev–Trinajstić information content (AvgIpc) is 2.87. The second-order valence-corrected chi connectivity index (χ2v) is 8.73. The number of nitrogens with one attached hydrogen (secondary N) is 1. The van der Waals surface area contributed by atoms with E-state index < -0.39 is 17.8 Å². The molecular formula is C30H23F3N2O. The van der Waals surface area contributed by atoms with Gasteiger partial charge in [-0.1, -0.05) is 72.3 Å². The van der Waals surface area contributed by atoms with Crippen LogP contribution in [0.4, 0.5) is 29.3 Å². The largest absolute Gasteiger partial charge is 0.416 e. The fraction of sp³-hybridized carbons (Fsp3) is 0.100. The highest BCUT2D eigenvalue weighted by molar-refractivity contribution is 6.05. The standard InChI is InChI=1S/C30H23F3N2O/c1-20-13-15-25(16-14-20)35(29(36)34-24-10-6-9-23(18-24)30(31,32)33)19-28-26-11-4-2-7-21(26)17-22-8-3-5-12-27(22)28/h2-18H,19H2,1H3,(H,34,36). The van der Waals surface area contributed by atoms with E-state index in [9.17, 15) is 18.0 Å². The molecular weight excluding hydrogens is 461 g/mol. The Bertz CT molecular complexity index is 1500. The van der Waals surface area contributed by atoms with Crippen molar-refractivity contribution in [3.05, 3.63) is 120 Å². The summed E-state index contributed by atoms with van der Waals surface area (Å²) in [5.74, 6) is 0. The number of carbonyl (C=O) groups excluding carboxylic acids is 1. The molecule has 0 fully saturated rings. The van der Waals surface area contributed by atoms with Crippen molar-refractivity contribution in [1.29, 1.82) is 0 Å². The van der Waals surface area contributed by atoms with Crippen LogP contribution >= 0.6 is 0 Å². The van der Waals surface area contributed by atoms with Crippen molar-refractivity contribution >= 4 is 39.0 Å². The second-order valence-electron chi connectivity index (χ2n) is 8.73. The molecule has 5 rings (SSSR count). The van der Waals surface area contributed by atoms with Gasteiger partial charge in [-0.3, -0.25) is 4.90 Å². The van der Waals surface area contributed by atoms with Gasteiger partial charge in [0.25, 0.3) is 0 Å². The third-order valence-electron chi connectivity index (χ3n) is 6.23. The van der Waals surface area contributed by atoms with Crippen molar-refractivity contribution in [3.63, 3.8) is 0 Å². The van der Waals surface area contributed by atoms with Crippen LogP contribution in [0.3, 0.4) is 0 Å². The maximum absolute atomic E-state index is 13.6. The fourth-order valence-corrected chi connectivity index (χ4v) is 4.41. The lowest BCUT2D eigenvalue weighted by atomic mass is 9.96. The van der Waals surface area contributed by atoms with Crippen LogP contribution in [0.25, 0.3) is 21.5 Å². The van der Waals surface area contributed by atoms with Crippen LogP contribution in [0.15, 0.2) is 103 Å². The van der Waals surface area contributed by atoms with E-state index in [2.05, 4.69) is 11.4 Å². The van der Waals surface area contributed by atoms with Crippen LogP contribution in [0.2, 0.25) is 0 Å². The molecule has 0 aliphatic carbocycles. The molecule has 36 heavy (non-hydrogen) atoms. The molecule has 0 unspecified atom stereocenters. The molecule has 2 amide bonds. The molecule has 0 radical (unpaired) electrons. The SMILES string of the molecule is Cc1ccc(N(Cc2c3ccccc3cc3ccccc23)C(=O)Nc2cccc(C(F)(F)F)c2)cc1. The summed E-state index contributed by atoms with van der Waals surface area (Å²) >= 11 is 0. The number of urea groups is 1. The Labute approximate surface area is 206 Å². The van der Waals surface area contributed by atoms with E-state index in [1.165, 1.54) is 12.1 Å². The van der Waals surface area contributed by atoms with Crippen LogP contribution in [0.5, 0.6) is 0 Å². The number of hydrogen-bond donors (Lipinski definition) is 1. The molecule has 3 nitrogen and oxygen atoms in total. The molecule has 1 N–H and O–H groups in total. The van der Waals surface area contributed by atoms with E-state index >= 15 is 0 Å². The van der Waals surface area contributed by atoms with Gasteiger partial charge >= 0.3 is 12.2 Å². The van der Waals surface area contributed by atoms with E-state index in [4.69, 9.17) is 0 Å². The highest BCUT2D eigenvalue weighted by Crippen LogP contribution is 2.33. The Kier molecular flexibility index (Phi) is 6.10. The molecule has 0 aliphatic heterocycles. The van der Waals surface area contributed by atoms with Crippen molar-refractivity contribution in [2.24, 2.45) is 0 Å². The molecule has 0 spiro atoms. The number of halogens is 3. The van der Waals surface area contributed by atoms with Crippen molar-refractivity contribution < 1.29 is 18.0 Å². The predicted octanol–water partition coefficient (Wildman–Crippen LogP) is 8.56. The smallest absolute Gasteiger partial charge is 0.308 e. The number of alkyl halides is 3. The number of anilines is 2. The molecule has 0 heterocycles. The zero-order valence-electron chi connectivity index (χ0n) is 19.5. The molecule has 0 saturated carbocycles. The first-order chi connectivity index (χ1) is 17.3. The zero-order valence-corrected chi connectivity index (χ0v) is 19.5. The minimum absolute atomic E-state index is 0.0784. The number of fused-ring (bicyclic) bond motifs is 2. The summed E-state index contributed by atoms with van der Waals surface area (Å²) in [6.07, 6.45) is -4.50. The molecule has 5 aromatic carbocycles. The predicted molar refractivity (Wildman–Crippen MR) is 139 cm³/mol. The summed E-state index contributed by atoms with van der Waals surface area (Å²) in [4.78, 5) is 15.1. The van der Waals surface area contributed by atoms with Crippen molar-refractivity contribution in [1.82, 2.24) is 0 Å². The first-order valence-corrected chi connectivity index (χ1v) is 11.5. The molecule has 0 aromatic heterocycles. The maximum atomic E-state index is 13.6. The Morgan fingerprint density at radius 3 is 2.00 bits per heavy atom. The summed E-state index contributed by atoms with van der Waals surface area (Å²) in [7, 11) is 0. The summed E-state index contributed by atoms with van der Waals surface area (Å²) < 4.78 is 39.7. The van der Waals surface area contributed by atoms with Crippen molar-refractivity contribution in [2.75, 3.05) is 10.2 Å². The zero-order chi connectivity index (χ0) is 25.3. The van der Waals surface area contributed by atoms with Gasteiger partial charge in [-0.05, 0) is 70.4 Å². The first-order valence-electron chi connectivity index (χ1n) is 11.5. The van der Waals surface area contributed by atoms with E-state index in [0.29, 0.717) is 5.69 Å². The van der Waals surface area contributed by atoms with Gasteiger partial charge in [-0.25, -0.2) is 4.79 Å². The maximum Gasteiger partial charge on any atom is 0.416 e. The van der Waals surface area contributed by atoms with Crippen molar-refractivity contribution in [2.45, 2.75) is 19.6 Å². The number of aryl methyl sites for hydroxylation is 1. The summed E-state index contributed by atoms with van der Waals surface area (Å²) in [5, 5.41) is 6.80. The quantitative estimate of drug-likeness (QED) is 0.255. The number of carbonyl (C=O) groups is 1. The Morgan fingerprint density at radius 1 is 0.778 bits per heavy atom. The number of benzene rings is 5. The summed E-state index contributed by atoms with van der Waals surface area (Å²) in [6, 6.07) is 29.7. The highest BCUT2D eigenvalue weighted by Gasteiger charge is 2.30. The van der Waals surface area contributed by atoms with Gasteiger partial charge in [0, 0.05) is 11.4 Å². The molecule has 0 bridgehead atoms.